The van der Waals surface area contributed by atoms with Gasteiger partial charge in [0.05, 0.1) is 7.11 Å². The molecule has 3 heteroatoms. The van der Waals surface area contributed by atoms with Crippen LogP contribution in [0.2, 0.25) is 0 Å². The van der Waals surface area contributed by atoms with Crippen molar-refractivity contribution in [3.05, 3.63) is 23.8 Å². The fraction of sp³-hybridized carbons (Fsp3) is 0.538. The zero-order valence-corrected chi connectivity index (χ0v) is 10.4. The van der Waals surface area contributed by atoms with Crippen LogP contribution < -0.4 is 10.1 Å². The summed E-state index contributed by atoms with van der Waals surface area (Å²) in [6.45, 7) is 7.44. The maximum Gasteiger partial charge on any atom is 0.160 e. The zero-order valence-electron chi connectivity index (χ0n) is 10.4. The van der Waals surface area contributed by atoms with E-state index in [1.54, 1.807) is 13.2 Å². The van der Waals surface area contributed by atoms with Gasteiger partial charge in [0.25, 0.3) is 0 Å². The van der Waals surface area contributed by atoms with Gasteiger partial charge in [0, 0.05) is 6.04 Å². The largest absolute Gasteiger partial charge is 0.504 e. The molecule has 1 aromatic rings. The van der Waals surface area contributed by atoms with Crippen LogP contribution in [0, 0.1) is 5.92 Å². The minimum absolute atomic E-state index is 0.183. The minimum Gasteiger partial charge on any atom is -0.504 e. The van der Waals surface area contributed by atoms with Crippen molar-refractivity contribution in [1.82, 2.24) is 5.32 Å². The molecule has 0 aliphatic heterocycles. The molecule has 0 saturated heterocycles. The van der Waals surface area contributed by atoms with Gasteiger partial charge >= 0.3 is 0 Å². The summed E-state index contributed by atoms with van der Waals surface area (Å²) in [4.78, 5) is 0. The lowest BCUT2D eigenvalue weighted by Crippen LogP contribution is -2.23. The van der Waals surface area contributed by atoms with Crippen LogP contribution in [-0.2, 0) is 0 Å². The number of rotatable bonds is 5. The van der Waals surface area contributed by atoms with Crippen molar-refractivity contribution in [2.75, 3.05) is 13.7 Å². The fourth-order valence-corrected chi connectivity index (χ4v) is 1.49. The van der Waals surface area contributed by atoms with E-state index in [1.807, 2.05) is 12.1 Å². The summed E-state index contributed by atoms with van der Waals surface area (Å²) >= 11 is 0. The van der Waals surface area contributed by atoms with Crippen LogP contribution >= 0.6 is 0 Å². The average Bonchev–Trinajstić information content (AvgIpc) is 2.26. The van der Waals surface area contributed by atoms with Crippen LogP contribution in [-0.4, -0.2) is 18.8 Å². The van der Waals surface area contributed by atoms with Gasteiger partial charge in [0.1, 0.15) is 0 Å². The van der Waals surface area contributed by atoms with E-state index in [4.69, 9.17) is 4.74 Å². The molecule has 16 heavy (non-hydrogen) atoms. The summed E-state index contributed by atoms with van der Waals surface area (Å²) in [5, 5.41) is 12.9. The Morgan fingerprint density at radius 2 is 2.00 bits per heavy atom. The van der Waals surface area contributed by atoms with Gasteiger partial charge in [-0.1, -0.05) is 19.9 Å². The first-order chi connectivity index (χ1) is 7.54. The molecule has 0 bridgehead atoms. The molecular weight excluding hydrogens is 202 g/mol. The molecule has 90 valence electrons. The van der Waals surface area contributed by atoms with Crippen molar-refractivity contribution in [3.63, 3.8) is 0 Å². The average molecular weight is 223 g/mol. The van der Waals surface area contributed by atoms with Gasteiger partial charge in [-0.05, 0) is 37.1 Å². The lowest BCUT2D eigenvalue weighted by Gasteiger charge is -2.17. The molecule has 0 aliphatic carbocycles. The Kier molecular flexibility index (Phi) is 4.62. The third-order valence-corrected chi connectivity index (χ3v) is 2.54. The Labute approximate surface area is 97.4 Å². The Hall–Kier alpha value is -1.22. The molecule has 1 unspecified atom stereocenters. The number of phenols is 1. The first kappa shape index (κ1) is 12.8. The Bertz CT molecular complexity index is 337. The number of nitrogens with one attached hydrogen (secondary N) is 1. The van der Waals surface area contributed by atoms with E-state index in [0.29, 0.717) is 11.7 Å². The summed E-state index contributed by atoms with van der Waals surface area (Å²) in [5.41, 5.74) is 1.12. The summed E-state index contributed by atoms with van der Waals surface area (Å²) < 4.78 is 5.08. The molecule has 0 amide bonds. The number of hydrogen-bond acceptors (Lipinski definition) is 3. The van der Waals surface area contributed by atoms with E-state index in [0.717, 1.165) is 12.1 Å². The van der Waals surface area contributed by atoms with Crippen LogP contribution in [0.4, 0.5) is 0 Å². The second kappa shape index (κ2) is 5.75. The predicted octanol–water partition coefficient (Wildman–Crippen LogP) is 2.71. The Balaban J connectivity index is 2.72. The quantitative estimate of drug-likeness (QED) is 0.806. The predicted molar refractivity (Wildman–Crippen MR) is 65.9 cm³/mol. The molecule has 0 aliphatic rings. The van der Waals surface area contributed by atoms with Crippen molar-refractivity contribution < 1.29 is 9.84 Å². The van der Waals surface area contributed by atoms with Gasteiger partial charge in [-0.2, -0.15) is 0 Å². The van der Waals surface area contributed by atoms with Gasteiger partial charge in [-0.3, -0.25) is 0 Å². The summed E-state index contributed by atoms with van der Waals surface area (Å²) in [7, 11) is 1.56. The number of ether oxygens (including phenoxy) is 1. The number of benzene rings is 1. The van der Waals surface area contributed by atoms with Crippen molar-refractivity contribution in [1.29, 1.82) is 0 Å². The second-order valence-electron chi connectivity index (χ2n) is 4.46. The van der Waals surface area contributed by atoms with Crippen LogP contribution in [0.5, 0.6) is 11.5 Å². The number of phenolic OH excluding ortho intramolecular Hbond substituents is 1. The maximum absolute atomic E-state index is 9.49. The highest BCUT2D eigenvalue weighted by atomic mass is 16.5. The third kappa shape index (κ3) is 3.42. The second-order valence-corrected chi connectivity index (χ2v) is 4.46. The summed E-state index contributed by atoms with van der Waals surface area (Å²) in [6.07, 6.45) is 0. The van der Waals surface area contributed by atoms with E-state index < -0.39 is 0 Å². The highest BCUT2D eigenvalue weighted by Crippen LogP contribution is 2.28. The third-order valence-electron chi connectivity index (χ3n) is 2.54. The van der Waals surface area contributed by atoms with Gasteiger partial charge < -0.3 is 15.2 Å². The van der Waals surface area contributed by atoms with Gasteiger partial charge in [0.15, 0.2) is 11.5 Å². The van der Waals surface area contributed by atoms with E-state index >= 15 is 0 Å². The molecule has 0 spiro atoms. The topological polar surface area (TPSA) is 41.5 Å². The van der Waals surface area contributed by atoms with Gasteiger partial charge in [0.2, 0.25) is 0 Å². The molecule has 1 atom stereocenters. The molecule has 2 N–H and O–H groups in total. The molecule has 0 radical (unpaired) electrons. The first-order valence-electron chi connectivity index (χ1n) is 5.65. The van der Waals surface area contributed by atoms with E-state index in [-0.39, 0.29) is 11.8 Å². The number of aromatic hydroxyl groups is 1. The molecule has 0 aromatic heterocycles. The molecule has 1 aromatic carbocycles. The maximum atomic E-state index is 9.49. The summed E-state index contributed by atoms with van der Waals surface area (Å²) in [5.74, 6) is 1.33. The molecule has 1 rings (SSSR count). The molecule has 3 nitrogen and oxygen atoms in total. The lowest BCUT2D eigenvalue weighted by atomic mass is 10.1. The standard InChI is InChI=1S/C13H21NO2/c1-9(2)8-14-10(3)11-5-6-12(15)13(7-11)16-4/h5-7,9-10,14-15H,8H2,1-4H3. The highest BCUT2D eigenvalue weighted by molar-refractivity contribution is 5.42. The normalized spacial score (nSPS) is 12.8. The molecule has 0 fully saturated rings. The Morgan fingerprint density at radius 3 is 2.56 bits per heavy atom. The lowest BCUT2D eigenvalue weighted by molar-refractivity contribution is 0.372. The Morgan fingerprint density at radius 1 is 1.31 bits per heavy atom. The number of hydrogen-bond donors (Lipinski definition) is 2. The van der Waals surface area contributed by atoms with Crippen molar-refractivity contribution in [3.8, 4) is 11.5 Å². The van der Waals surface area contributed by atoms with Crippen molar-refractivity contribution in [2.24, 2.45) is 5.92 Å². The molecule has 0 saturated carbocycles. The van der Waals surface area contributed by atoms with Crippen LogP contribution in [0.25, 0.3) is 0 Å². The van der Waals surface area contributed by atoms with E-state index in [2.05, 4.69) is 26.1 Å². The van der Waals surface area contributed by atoms with E-state index in [9.17, 15) is 5.11 Å². The van der Waals surface area contributed by atoms with E-state index in [1.165, 1.54) is 0 Å². The zero-order chi connectivity index (χ0) is 12.1. The van der Waals surface area contributed by atoms with Crippen molar-refractivity contribution >= 4 is 0 Å². The fourth-order valence-electron chi connectivity index (χ4n) is 1.49. The summed E-state index contributed by atoms with van der Waals surface area (Å²) in [6, 6.07) is 5.71. The van der Waals surface area contributed by atoms with Crippen LogP contribution in [0.15, 0.2) is 18.2 Å². The smallest absolute Gasteiger partial charge is 0.160 e. The highest BCUT2D eigenvalue weighted by Gasteiger charge is 2.09. The minimum atomic E-state index is 0.183. The van der Waals surface area contributed by atoms with Gasteiger partial charge in [-0.15, -0.1) is 0 Å². The van der Waals surface area contributed by atoms with Crippen LogP contribution in [0.3, 0.4) is 0 Å². The first-order valence-corrected chi connectivity index (χ1v) is 5.65. The molecule has 0 heterocycles. The van der Waals surface area contributed by atoms with Gasteiger partial charge in [-0.25, -0.2) is 0 Å². The monoisotopic (exact) mass is 223 g/mol. The molecular formula is C13H21NO2. The van der Waals surface area contributed by atoms with Crippen molar-refractivity contribution in [2.45, 2.75) is 26.8 Å². The van der Waals surface area contributed by atoms with Crippen LogP contribution in [0.1, 0.15) is 32.4 Å². The SMILES string of the molecule is COc1cc(C(C)NCC(C)C)ccc1O. The number of methoxy groups -OCH3 is 1.